The molecule has 0 radical (unpaired) electrons. The predicted octanol–water partition coefficient (Wildman–Crippen LogP) is 7.01. The maximum atomic E-state index is 15.2. The summed E-state index contributed by atoms with van der Waals surface area (Å²) in [6.45, 7) is 7.79. The lowest BCUT2D eigenvalue weighted by Crippen LogP contribution is -2.15. The molecule has 3 aliphatic rings. The van der Waals surface area contributed by atoms with Crippen molar-refractivity contribution < 1.29 is 28.1 Å². The molecule has 1 unspecified atom stereocenters. The molecule has 0 aromatic heterocycles. The number of esters is 1. The van der Waals surface area contributed by atoms with Crippen LogP contribution < -0.4 is 9.47 Å². The average molecular weight is 531 g/mol. The standard InChI is InChI=1S/C33H35FO5/c1-4-37-33(35)28-17-27(28)21-5-7-22(8-6-21)39-30-12-10-26-25(9-11-29(34)32(26)30)31-19(2)15-24(16-20(31)3)38-23-13-14-36-18-23/h5-9,11,15-16,23,27-28,30H,4,10,12-14,17-18H2,1-3H3/t23?,27-,28+,30-/m1/s1. The van der Waals surface area contributed by atoms with Crippen LogP contribution >= 0.6 is 0 Å². The summed E-state index contributed by atoms with van der Waals surface area (Å²) in [5.41, 5.74) is 7.21. The highest BCUT2D eigenvalue weighted by molar-refractivity contribution is 5.78. The van der Waals surface area contributed by atoms with E-state index in [0.717, 1.165) is 71.4 Å². The summed E-state index contributed by atoms with van der Waals surface area (Å²) in [4.78, 5) is 12.0. The van der Waals surface area contributed by atoms with Gasteiger partial charge in [-0.05, 0) is 110 Å². The van der Waals surface area contributed by atoms with E-state index in [4.69, 9.17) is 18.9 Å². The summed E-state index contributed by atoms with van der Waals surface area (Å²) in [5, 5.41) is 0. The van der Waals surface area contributed by atoms with Gasteiger partial charge in [0.05, 0.1) is 25.7 Å². The molecule has 1 heterocycles. The van der Waals surface area contributed by atoms with Gasteiger partial charge in [-0.1, -0.05) is 18.2 Å². The lowest BCUT2D eigenvalue weighted by atomic mass is 9.90. The van der Waals surface area contributed by atoms with E-state index in [0.29, 0.717) is 24.5 Å². The molecule has 0 N–H and O–H groups in total. The van der Waals surface area contributed by atoms with Crippen molar-refractivity contribution in [1.29, 1.82) is 0 Å². The summed E-state index contributed by atoms with van der Waals surface area (Å²) in [6, 6.07) is 15.5. The van der Waals surface area contributed by atoms with E-state index >= 15 is 4.39 Å². The van der Waals surface area contributed by atoms with E-state index in [1.54, 1.807) is 6.07 Å². The Balaban J connectivity index is 1.20. The van der Waals surface area contributed by atoms with Crippen LogP contribution in [0.3, 0.4) is 0 Å². The largest absolute Gasteiger partial charge is 0.488 e. The Morgan fingerprint density at radius 3 is 2.46 bits per heavy atom. The molecule has 1 saturated carbocycles. The minimum Gasteiger partial charge on any atom is -0.488 e. The summed E-state index contributed by atoms with van der Waals surface area (Å²) < 4.78 is 38.3. The Hall–Kier alpha value is -3.38. The van der Waals surface area contributed by atoms with E-state index in [1.165, 1.54) is 0 Å². The van der Waals surface area contributed by atoms with Gasteiger partial charge in [-0.25, -0.2) is 4.39 Å². The van der Waals surface area contributed by atoms with Crippen molar-refractivity contribution in [3.05, 3.63) is 82.2 Å². The van der Waals surface area contributed by atoms with Gasteiger partial charge in [-0.2, -0.15) is 0 Å². The maximum Gasteiger partial charge on any atom is 0.309 e. The number of ether oxygens (including phenoxy) is 4. The monoisotopic (exact) mass is 530 g/mol. The Morgan fingerprint density at radius 1 is 1.00 bits per heavy atom. The average Bonchev–Trinajstić information content (AvgIpc) is 3.33. The number of rotatable bonds is 8. The molecule has 1 saturated heterocycles. The number of carbonyl (C=O) groups excluding carboxylic acids is 1. The number of carbonyl (C=O) groups is 1. The highest BCUT2D eigenvalue weighted by Gasteiger charge is 2.45. The van der Waals surface area contributed by atoms with Crippen molar-refractivity contribution in [3.8, 4) is 22.6 Å². The Labute approximate surface area is 229 Å². The first-order valence-corrected chi connectivity index (χ1v) is 14.0. The Bertz CT molecular complexity index is 1350. The molecule has 2 aliphatic carbocycles. The lowest BCUT2D eigenvalue weighted by Gasteiger charge is -2.20. The zero-order chi connectivity index (χ0) is 27.1. The molecular formula is C33H35FO5. The molecule has 6 heteroatoms. The number of halogens is 1. The van der Waals surface area contributed by atoms with Gasteiger partial charge in [0.1, 0.15) is 29.5 Å². The minimum absolute atomic E-state index is 0.0461. The molecule has 4 atom stereocenters. The zero-order valence-corrected chi connectivity index (χ0v) is 22.8. The molecule has 0 spiro atoms. The Morgan fingerprint density at radius 2 is 1.77 bits per heavy atom. The van der Waals surface area contributed by atoms with Gasteiger partial charge in [0, 0.05) is 12.0 Å². The molecule has 0 amide bonds. The van der Waals surface area contributed by atoms with Gasteiger partial charge in [0.25, 0.3) is 0 Å². The fourth-order valence-corrected chi connectivity index (χ4v) is 6.27. The SMILES string of the molecule is CCOC(=O)[C@H]1C[C@@H]1c1ccc(O[C@@H]2CCc3c(-c4c(C)cc(OC5CCOC5)cc4C)ccc(F)c32)cc1. The van der Waals surface area contributed by atoms with Crippen LogP contribution in [0.2, 0.25) is 0 Å². The van der Waals surface area contributed by atoms with Crippen molar-refractivity contribution in [2.45, 2.75) is 64.6 Å². The van der Waals surface area contributed by atoms with Gasteiger partial charge in [-0.3, -0.25) is 4.79 Å². The van der Waals surface area contributed by atoms with Crippen molar-refractivity contribution in [3.63, 3.8) is 0 Å². The molecule has 39 heavy (non-hydrogen) atoms. The quantitative estimate of drug-likeness (QED) is 0.293. The van der Waals surface area contributed by atoms with Crippen LogP contribution in [0.4, 0.5) is 4.39 Å². The van der Waals surface area contributed by atoms with E-state index in [-0.39, 0.29) is 35.8 Å². The molecule has 204 valence electrons. The third-order valence-corrected chi connectivity index (χ3v) is 8.21. The smallest absolute Gasteiger partial charge is 0.309 e. The van der Waals surface area contributed by atoms with Gasteiger partial charge >= 0.3 is 5.97 Å². The minimum atomic E-state index is -0.343. The van der Waals surface area contributed by atoms with E-state index in [1.807, 2.05) is 37.3 Å². The molecule has 6 rings (SSSR count). The fourth-order valence-electron chi connectivity index (χ4n) is 6.27. The summed E-state index contributed by atoms with van der Waals surface area (Å²) in [6.07, 6.45) is 2.96. The van der Waals surface area contributed by atoms with Crippen LogP contribution in [0.15, 0.2) is 48.5 Å². The summed E-state index contributed by atoms with van der Waals surface area (Å²) >= 11 is 0. The van der Waals surface area contributed by atoms with Crippen LogP contribution in [-0.2, 0) is 20.7 Å². The lowest BCUT2D eigenvalue weighted by molar-refractivity contribution is -0.144. The van der Waals surface area contributed by atoms with E-state index in [2.05, 4.69) is 26.0 Å². The van der Waals surface area contributed by atoms with Crippen LogP contribution in [0.25, 0.3) is 11.1 Å². The molecule has 3 aromatic carbocycles. The predicted molar refractivity (Wildman–Crippen MR) is 147 cm³/mol. The van der Waals surface area contributed by atoms with Crippen LogP contribution in [-0.4, -0.2) is 31.9 Å². The fraction of sp³-hybridized carbons (Fsp3) is 0.424. The van der Waals surface area contributed by atoms with Crippen molar-refractivity contribution in [2.24, 2.45) is 5.92 Å². The molecule has 1 aliphatic heterocycles. The van der Waals surface area contributed by atoms with Gasteiger partial charge in [0.15, 0.2) is 0 Å². The maximum absolute atomic E-state index is 15.2. The summed E-state index contributed by atoms with van der Waals surface area (Å²) in [7, 11) is 0. The molecule has 3 aromatic rings. The van der Waals surface area contributed by atoms with Crippen LogP contribution in [0.5, 0.6) is 11.5 Å². The third kappa shape index (κ3) is 5.14. The van der Waals surface area contributed by atoms with Crippen LogP contribution in [0.1, 0.15) is 66.0 Å². The highest BCUT2D eigenvalue weighted by atomic mass is 19.1. The molecule has 2 fully saturated rings. The Kier molecular flexibility index (Phi) is 7.06. The van der Waals surface area contributed by atoms with Crippen LogP contribution in [0, 0.1) is 25.6 Å². The number of benzene rings is 3. The molecule has 0 bridgehead atoms. The van der Waals surface area contributed by atoms with Crippen molar-refractivity contribution in [2.75, 3.05) is 19.8 Å². The second-order valence-corrected chi connectivity index (χ2v) is 10.9. The van der Waals surface area contributed by atoms with Crippen molar-refractivity contribution >= 4 is 5.97 Å². The first-order valence-electron chi connectivity index (χ1n) is 14.0. The van der Waals surface area contributed by atoms with E-state index in [9.17, 15) is 4.79 Å². The number of hydrogen-bond donors (Lipinski definition) is 0. The third-order valence-electron chi connectivity index (χ3n) is 8.21. The second-order valence-electron chi connectivity index (χ2n) is 10.9. The first-order chi connectivity index (χ1) is 18.9. The van der Waals surface area contributed by atoms with Gasteiger partial charge in [0.2, 0.25) is 0 Å². The highest BCUT2D eigenvalue weighted by Crippen LogP contribution is 2.49. The number of aryl methyl sites for hydroxylation is 2. The van der Waals surface area contributed by atoms with E-state index < -0.39 is 0 Å². The second kappa shape index (κ2) is 10.6. The molecule has 5 nitrogen and oxygen atoms in total. The zero-order valence-electron chi connectivity index (χ0n) is 22.8. The van der Waals surface area contributed by atoms with Crippen molar-refractivity contribution in [1.82, 2.24) is 0 Å². The van der Waals surface area contributed by atoms with Gasteiger partial charge in [-0.15, -0.1) is 0 Å². The summed E-state index contributed by atoms with van der Waals surface area (Å²) in [5.74, 6) is 1.38. The normalized spacial score (nSPS) is 23.4. The van der Waals surface area contributed by atoms with Gasteiger partial charge < -0.3 is 18.9 Å². The molecular weight excluding hydrogens is 495 g/mol. The number of hydrogen-bond acceptors (Lipinski definition) is 5. The number of fused-ring (bicyclic) bond motifs is 1. The first kappa shape index (κ1) is 25.9. The topological polar surface area (TPSA) is 54.0 Å².